The van der Waals surface area contributed by atoms with E-state index in [1.807, 2.05) is 6.07 Å². The molecule has 0 aliphatic carbocycles. The maximum atomic E-state index is 12.7. The number of carbonyl (C=O) groups is 1. The summed E-state index contributed by atoms with van der Waals surface area (Å²) in [5, 5.41) is 0. The van der Waals surface area contributed by atoms with Crippen molar-refractivity contribution in [2.24, 2.45) is 0 Å². The Hall–Kier alpha value is -3.31. The van der Waals surface area contributed by atoms with Gasteiger partial charge in [0.2, 0.25) is 5.78 Å². The molecule has 0 fully saturated rings. The summed E-state index contributed by atoms with van der Waals surface area (Å²) in [4.78, 5) is 14.9. The highest BCUT2D eigenvalue weighted by Crippen LogP contribution is 2.42. The minimum absolute atomic E-state index is 0.134. The molecule has 2 aromatic carbocycles. The van der Waals surface area contributed by atoms with Crippen molar-refractivity contribution >= 4 is 11.9 Å². The van der Waals surface area contributed by atoms with E-state index in [2.05, 4.69) is 36.1 Å². The third-order valence-electron chi connectivity index (χ3n) is 5.03. The van der Waals surface area contributed by atoms with E-state index in [-0.39, 0.29) is 11.5 Å². The van der Waals surface area contributed by atoms with Crippen LogP contribution in [0.5, 0.6) is 11.5 Å². The first-order chi connectivity index (χ1) is 13.7. The molecule has 140 valence electrons. The van der Waals surface area contributed by atoms with Crippen LogP contribution in [0, 0.1) is 6.92 Å². The molecule has 2 aliphatic heterocycles. The average molecular weight is 373 g/mol. The van der Waals surface area contributed by atoms with E-state index in [1.165, 1.54) is 11.1 Å². The number of Topliss-reactive ketones (excluding diaryl/α,β-unsaturated/α-hetero) is 1. The molecule has 0 saturated heterocycles. The van der Waals surface area contributed by atoms with Crippen molar-refractivity contribution in [2.45, 2.75) is 20.0 Å². The Bertz CT molecular complexity index is 1060. The van der Waals surface area contributed by atoms with Gasteiger partial charge in [-0.2, -0.15) is 0 Å². The molecule has 5 heteroatoms. The maximum absolute atomic E-state index is 12.7. The monoisotopic (exact) mass is 373 g/mol. The van der Waals surface area contributed by atoms with E-state index in [0.717, 1.165) is 17.9 Å². The number of furan rings is 1. The molecule has 3 heterocycles. The number of aryl methyl sites for hydroxylation is 1. The first-order valence-corrected chi connectivity index (χ1v) is 9.22. The normalized spacial score (nSPS) is 17.2. The van der Waals surface area contributed by atoms with Gasteiger partial charge in [0.1, 0.15) is 24.0 Å². The van der Waals surface area contributed by atoms with E-state index in [0.29, 0.717) is 30.3 Å². The van der Waals surface area contributed by atoms with Crippen molar-refractivity contribution in [2.75, 3.05) is 6.73 Å². The molecular formula is C23H19NO4. The van der Waals surface area contributed by atoms with E-state index in [4.69, 9.17) is 13.9 Å². The number of ketones is 1. The minimum atomic E-state index is -0.134. The van der Waals surface area contributed by atoms with Crippen molar-refractivity contribution < 1.29 is 18.7 Å². The van der Waals surface area contributed by atoms with Crippen LogP contribution >= 0.6 is 0 Å². The number of fused-ring (bicyclic) bond motifs is 3. The molecule has 0 spiro atoms. The van der Waals surface area contributed by atoms with Crippen LogP contribution in [0.3, 0.4) is 0 Å². The van der Waals surface area contributed by atoms with Gasteiger partial charge in [-0.3, -0.25) is 9.69 Å². The smallest absolute Gasteiger partial charge is 0.232 e. The van der Waals surface area contributed by atoms with Crippen LogP contribution < -0.4 is 9.47 Å². The van der Waals surface area contributed by atoms with Gasteiger partial charge in [0.15, 0.2) is 5.76 Å². The van der Waals surface area contributed by atoms with Crippen molar-refractivity contribution in [3.63, 3.8) is 0 Å². The molecule has 0 N–H and O–H groups in total. The highest BCUT2D eigenvalue weighted by atomic mass is 16.5. The molecule has 0 saturated carbocycles. The van der Waals surface area contributed by atoms with Crippen LogP contribution in [-0.2, 0) is 13.1 Å². The predicted octanol–water partition coefficient (Wildman–Crippen LogP) is 4.56. The molecule has 0 atom stereocenters. The van der Waals surface area contributed by atoms with Gasteiger partial charge in [0.25, 0.3) is 0 Å². The molecule has 5 rings (SSSR count). The second-order valence-electron chi connectivity index (χ2n) is 7.12. The van der Waals surface area contributed by atoms with Crippen LogP contribution in [0.15, 0.2) is 65.0 Å². The molecule has 3 aromatic rings. The quantitative estimate of drug-likeness (QED) is 0.630. The SMILES string of the molecule is Cc1ccc(CN2COc3ccc4c(c3C2)O/C(=C\c2ccco2)C4=O)cc1. The molecule has 0 unspecified atom stereocenters. The van der Waals surface area contributed by atoms with Crippen LogP contribution in [0.1, 0.15) is 32.8 Å². The van der Waals surface area contributed by atoms with E-state index in [9.17, 15) is 4.79 Å². The summed E-state index contributed by atoms with van der Waals surface area (Å²) in [5.41, 5.74) is 3.94. The number of hydrogen-bond donors (Lipinski definition) is 0. The summed E-state index contributed by atoms with van der Waals surface area (Å²) in [7, 11) is 0. The van der Waals surface area contributed by atoms with Crippen LogP contribution in [0.25, 0.3) is 6.08 Å². The zero-order valence-electron chi connectivity index (χ0n) is 15.5. The lowest BCUT2D eigenvalue weighted by molar-refractivity contribution is 0.0873. The van der Waals surface area contributed by atoms with Gasteiger partial charge in [-0.15, -0.1) is 0 Å². The van der Waals surface area contributed by atoms with Crippen LogP contribution in [-0.4, -0.2) is 17.4 Å². The Balaban J connectivity index is 1.42. The number of allylic oxidation sites excluding steroid dienone is 1. The van der Waals surface area contributed by atoms with Gasteiger partial charge in [0.05, 0.1) is 17.4 Å². The van der Waals surface area contributed by atoms with E-state index in [1.54, 1.807) is 30.5 Å². The van der Waals surface area contributed by atoms with Crippen molar-refractivity contribution in [1.29, 1.82) is 0 Å². The van der Waals surface area contributed by atoms with E-state index < -0.39 is 0 Å². The standard InChI is InChI=1S/C23H19NO4/c1-15-4-6-16(7-5-15)12-24-13-19-20(27-14-24)9-8-18-22(25)21(28-23(18)19)11-17-3-2-10-26-17/h2-11H,12-14H2,1H3/b21-11-. The maximum Gasteiger partial charge on any atom is 0.232 e. The van der Waals surface area contributed by atoms with Crippen molar-refractivity contribution in [3.05, 3.63) is 88.6 Å². The van der Waals surface area contributed by atoms with Gasteiger partial charge in [-0.1, -0.05) is 29.8 Å². The van der Waals surface area contributed by atoms with Gasteiger partial charge < -0.3 is 13.9 Å². The first kappa shape index (κ1) is 16.8. The number of nitrogens with zero attached hydrogens (tertiary/aromatic N) is 1. The van der Waals surface area contributed by atoms with E-state index >= 15 is 0 Å². The Morgan fingerprint density at radius 2 is 1.96 bits per heavy atom. The molecule has 1 aromatic heterocycles. The Morgan fingerprint density at radius 1 is 1.11 bits per heavy atom. The molecule has 5 nitrogen and oxygen atoms in total. The molecular weight excluding hydrogens is 354 g/mol. The number of hydrogen-bond acceptors (Lipinski definition) is 5. The number of rotatable bonds is 3. The first-order valence-electron chi connectivity index (χ1n) is 9.22. The Morgan fingerprint density at radius 3 is 2.75 bits per heavy atom. The van der Waals surface area contributed by atoms with Gasteiger partial charge >= 0.3 is 0 Å². The fourth-order valence-corrected chi connectivity index (χ4v) is 3.56. The molecule has 0 bridgehead atoms. The van der Waals surface area contributed by atoms with Crippen molar-refractivity contribution in [1.82, 2.24) is 4.90 Å². The summed E-state index contributed by atoms with van der Waals surface area (Å²) >= 11 is 0. The fourth-order valence-electron chi connectivity index (χ4n) is 3.56. The van der Waals surface area contributed by atoms with Crippen LogP contribution in [0.2, 0.25) is 0 Å². The Labute approximate surface area is 162 Å². The highest BCUT2D eigenvalue weighted by Gasteiger charge is 2.33. The minimum Gasteiger partial charge on any atom is -0.478 e. The summed E-state index contributed by atoms with van der Waals surface area (Å²) in [6.07, 6.45) is 3.19. The van der Waals surface area contributed by atoms with Crippen LogP contribution in [0.4, 0.5) is 0 Å². The fraction of sp³-hybridized carbons (Fsp3) is 0.174. The Kier molecular flexibility index (Phi) is 4.02. The largest absolute Gasteiger partial charge is 0.478 e. The second kappa shape index (κ2) is 6.69. The lowest BCUT2D eigenvalue weighted by Gasteiger charge is -2.29. The average Bonchev–Trinajstić information content (AvgIpc) is 3.33. The number of carbonyl (C=O) groups excluding carboxylic acids is 1. The topological polar surface area (TPSA) is 51.9 Å². The lowest BCUT2D eigenvalue weighted by atomic mass is 10.0. The highest BCUT2D eigenvalue weighted by molar-refractivity contribution is 6.14. The molecule has 0 amide bonds. The van der Waals surface area contributed by atoms with Crippen molar-refractivity contribution in [3.8, 4) is 11.5 Å². The number of benzene rings is 2. The molecule has 28 heavy (non-hydrogen) atoms. The van der Waals surface area contributed by atoms with Gasteiger partial charge in [-0.05, 0) is 36.8 Å². The zero-order valence-corrected chi connectivity index (χ0v) is 15.5. The summed E-state index contributed by atoms with van der Waals surface area (Å²) in [6.45, 7) is 4.01. The summed E-state index contributed by atoms with van der Waals surface area (Å²) in [6, 6.07) is 15.7. The molecule has 0 radical (unpaired) electrons. The second-order valence-corrected chi connectivity index (χ2v) is 7.12. The number of ether oxygens (including phenoxy) is 2. The zero-order chi connectivity index (χ0) is 19.1. The molecule has 2 aliphatic rings. The summed E-state index contributed by atoms with van der Waals surface area (Å²) < 4.78 is 17.2. The van der Waals surface area contributed by atoms with Gasteiger partial charge in [-0.25, -0.2) is 0 Å². The third kappa shape index (κ3) is 3.00. The third-order valence-corrected chi connectivity index (χ3v) is 5.03. The summed E-state index contributed by atoms with van der Waals surface area (Å²) in [5.74, 6) is 2.08. The lowest BCUT2D eigenvalue weighted by Crippen LogP contribution is -2.31. The predicted molar refractivity (Wildman–Crippen MR) is 104 cm³/mol. The van der Waals surface area contributed by atoms with Gasteiger partial charge in [0, 0.05) is 19.2 Å².